The number of thioether (sulfide) groups is 1. The number of rotatable bonds is 7. The van der Waals surface area contributed by atoms with Gasteiger partial charge in [-0.25, -0.2) is 4.79 Å². The number of hydrogen-bond acceptors (Lipinski definition) is 5. The minimum atomic E-state index is -0.594. The van der Waals surface area contributed by atoms with Gasteiger partial charge in [0.15, 0.2) is 0 Å². The first-order chi connectivity index (χ1) is 9.45. The molecule has 6 heteroatoms. The van der Waals surface area contributed by atoms with Crippen molar-refractivity contribution in [3.8, 4) is 0 Å². The van der Waals surface area contributed by atoms with E-state index in [2.05, 4.69) is 5.32 Å². The lowest BCUT2D eigenvalue weighted by Crippen LogP contribution is -2.51. The summed E-state index contributed by atoms with van der Waals surface area (Å²) in [5.41, 5.74) is 5.82. The van der Waals surface area contributed by atoms with E-state index < -0.39 is 12.1 Å². The van der Waals surface area contributed by atoms with Crippen LogP contribution in [0, 0.1) is 5.92 Å². The van der Waals surface area contributed by atoms with Crippen molar-refractivity contribution in [2.24, 2.45) is 11.7 Å². The van der Waals surface area contributed by atoms with Crippen LogP contribution in [0.4, 0.5) is 0 Å². The van der Waals surface area contributed by atoms with E-state index in [1.165, 1.54) is 6.42 Å². The molecule has 1 amide bonds. The molecule has 1 saturated heterocycles. The summed E-state index contributed by atoms with van der Waals surface area (Å²) in [6.07, 6.45) is 2.89. The van der Waals surface area contributed by atoms with Crippen LogP contribution in [0.3, 0.4) is 0 Å². The molecule has 0 aromatic carbocycles. The Hall–Kier alpha value is -0.750. The Morgan fingerprint density at radius 1 is 1.45 bits per heavy atom. The maximum absolute atomic E-state index is 12.0. The topological polar surface area (TPSA) is 81.4 Å². The molecule has 1 rings (SSSR count). The maximum atomic E-state index is 12.0. The molecule has 1 aliphatic rings. The number of amides is 1. The summed E-state index contributed by atoms with van der Waals surface area (Å²) in [6.45, 7) is 5.85. The van der Waals surface area contributed by atoms with Crippen LogP contribution in [0.1, 0.15) is 40.0 Å². The average molecular weight is 302 g/mol. The van der Waals surface area contributed by atoms with Gasteiger partial charge in [-0.05, 0) is 37.9 Å². The number of carbonyl (C=O) groups is 2. The monoisotopic (exact) mass is 302 g/mol. The Bertz CT molecular complexity index is 330. The third-order valence-electron chi connectivity index (χ3n) is 3.43. The van der Waals surface area contributed by atoms with E-state index in [1.54, 1.807) is 6.92 Å². The molecule has 0 aliphatic carbocycles. The fraction of sp³-hybridized carbons (Fsp3) is 0.857. The molecule has 0 aromatic heterocycles. The molecule has 0 radical (unpaired) electrons. The minimum absolute atomic E-state index is 0.0405. The third-order valence-corrected chi connectivity index (χ3v) is 4.86. The molecule has 3 atom stereocenters. The summed E-state index contributed by atoms with van der Waals surface area (Å²) in [6, 6.07) is -1.17. The average Bonchev–Trinajstić information content (AvgIpc) is 2.90. The van der Waals surface area contributed by atoms with E-state index in [1.807, 2.05) is 25.6 Å². The molecular weight excluding hydrogens is 276 g/mol. The van der Waals surface area contributed by atoms with Crippen LogP contribution < -0.4 is 11.1 Å². The van der Waals surface area contributed by atoms with Crippen molar-refractivity contribution >= 4 is 23.6 Å². The van der Waals surface area contributed by atoms with Gasteiger partial charge >= 0.3 is 5.97 Å². The first kappa shape index (κ1) is 17.3. The molecule has 0 bridgehead atoms. The van der Waals surface area contributed by atoms with Crippen LogP contribution in [0.15, 0.2) is 0 Å². The summed E-state index contributed by atoms with van der Waals surface area (Å²) in [7, 11) is 0. The zero-order valence-electron chi connectivity index (χ0n) is 12.6. The Morgan fingerprint density at radius 2 is 2.15 bits per heavy atom. The van der Waals surface area contributed by atoms with Crippen LogP contribution in [-0.4, -0.2) is 41.6 Å². The Kier molecular flexibility index (Phi) is 7.37. The molecule has 3 N–H and O–H groups in total. The predicted molar refractivity (Wildman–Crippen MR) is 81.5 cm³/mol. The number of ether oxygens (including phenoxy) is 1. The summed E-state index contributed by atoms with van der Waals surface area (Å²) in [4.78, 5) is 24.0. The molecule has 116 valence electrons. The van der Waals surface area contributed by atoms with Gasteiger partial charge in [0.1, 0.15) is 6.04 Å². The molecule has 0 saturated carbocycles. The fourth-order valence-electron chi connectivity index (χ4n) is 2.12. The van der Waals surface area contributed by atoms with Gasteiger partial charge in [0.2, 0.25) is 5.91 Å². The van der Waals surface area contributed by atoms with Crippen LogP contribution in [0.2, 0.25) is 0 Å². The highest BCUT2D eigenvalue weighted by atomic mass is 32.2. The normalized spacial score (nSPS) is 21.6. The van der Waals surface area contributed by atoms with E-state index in [9.17, 15) is 9.59 Å². The van der Waals surface area contributed by atoms with Crippen molar-refractivity contribution in [1.82, 2.24) is 5.32 Å². The second-order valence-electron chi connectivity index (χ2n) is 5.45. The first-order valence-electron chi connectivity index (χ1n) is 7.29. The van der Waals surface area contributed by atoms with Gasteiger partial charge in [0, 0.05) is 5.25 Å². The second kappa shape index (κ2) is 8.52. The highest BCUT2D eigenvalue weighted by molar-refractivity contribution is 8.00. The second-order valence-corrected chi connectivity index (χ2v) is 6.86. The lowest BCUT2D eigenvalue weighted by Gasteiger charge is -2.23. The quantitative estimate of drug-likeness (QED) is 0.693. The zero-order chi connectivity index (χ0) is 15.1. The van der Waals surface area contributed by atoms with Gasteiger partial charge in [-0.3, -0.25) is 4.79 Å². The highest BCUT2D eigenvalue weighted by Gasteiger charge is 2.29. The molecule has 5 nitrogen and oxygen atoms in total. The smallest absolute Gasteiger partial charge is 0.328 e. The van der Waals surface area contributed by atoms with Gasteiger partial charge in [-0.1, -0.05) is 13.8 Å². The van der Waals surface area contributed by atoms with Crippen LogP contribution in [-0.2, 0) is 14.3 Å². The third kappa shape index (κ3) is 5.32. The summed E-state index contributed by atoms with van der Waals surface area (Å²) < 4.78 is 5.05. The maximum Gasteiger partial charge on any atom is 0.328 e. The van der Waals surface area contributed by atoms with E-state index in [0.717, 1.165) is 12.2 Å². The SMILES string of the molecule is CCOC(=O)C(CC1CCCS1)NC(=O)[C@@H](N)C(C)C. The van der Waals surface area contributed by atoms with Crippen molar-refractivity contribution in [2.75, 3.05) is 12.4 Å². The van der Waals surface area contributed by atoms with E-state index in [0.29, 0.717) is 18.3 Å². The number of hydrogen-bond donors (Lipinski definition) is 2. The van der Waals surface area contributed by atoms with E-state index in [-0.39, 0.29) is 17.8 Å². The molecule has 0 spiro atoms. The van der Waals surface area contributed by atoms with Crippen molar-refractivity contribution in [1.29, 1.82) is 0 Å². The molecule has 0 aromatic rings. The number of nitrogens with two attached hydrogens (primary N) is 1. The van der Waals surface area contributed by atoms with Crippen LogP contribution in [0.5, 0.6) is 0 Å². The Labute approximate surface area is 125 Å². The summed E-state index contributed by atoms with van der Waals surface area (Å²) >= 11 is 1.86. The van der Waals surface area contributed by atoms with Gasteiger partial charge in [-0.2, -0.15) is 11.8 Å². The molecule has 2 unspecified atom stereocenters. The number of esters is 1. The standard InChI is InChI=1S/C14H26N2O3S/c1-4-19-14(18)11(8-10-6-5-7-20-10)16-13(17)12(15)9(2)3/h9-12H,4-8,15H2,1-3H3,(H,16,17)/t10?,11?,12-/m0/s1. The summed E-state index contributed by atoms with van der Waals surface area (Å²) in [5, 5.41) is 3.17. The fourth-order valence-corrected chi connectivity index (χ4v) is 3.45. The lowest BCUT2D eigenvalue weighted by atomic mass is 10.0. The molecule has 1 aliphatic heterocycles. The molecule has 1 fully saturated rings. The van der Waals surface area contributed by atoms with Crippen molar-refractivity contribution in [3.63, 3.8) is 0 Å². The lowest BCUT2D eigenvalue weighted by molar-refractivity contribution is -0.147. The van der Waals surface area contributed by atoms with Crippen LogP contribution >= 0.6 is 11.8 Å². The van der Waals surface area contributed by atoms with E-state index in [4.69, 9.17) is 10.5 Å². The highest BCUT2D eigenvalue weighted by Crippen LogP contribution is 2.29. The summed E-state index contributed by atoms with van der Waals surface area (Å²) in [5.74, 6) is 0.531. The predicted octanol–water partition coefficient (Wildman–Crippen LogP) is 1.30. The first-order valence-corrected chi connectivity index (χ1v) is 8.34. The van der Waals surface area contributed by atoms with Crippen molar-refractivity contribution in [3.05, 3.63) is 0 Å². The van der Waals surface area contributed by atoms with Gasteiger partial charge in [-0.15, -0.1) is 0 Å². The van der Waals surface area contributed by atoms with E-state index >= 15 is 0 Å². The largest absolute Gasteiger partial charge is 0.464 e. The minimum Gasteiger partial charge on any atom is -0.464 e. The van der Waals surface area contributed by atoms with Crippen LogP contribution in [0.25, 0.3) is 0 Å². The van der Waals surface area contributed by atoms with Gasteiger partial charge < -0.3 is 15.8 Å². The molecular formula is C14H26N2O3S. The number of carbonyl (C=O) groups excluding carboxylic acids is 2. The van der Waals surface area contributed by atoms with Crippen molar-refractivity contribution in [2.45, 2.75) is 57.4 Å². The Morgan fingerprint density at radius 3 is 2.65 bits per heavy atom. The number of nitrogens with one attached hydrogen (secondary N) is 1. The zero-order valence-corrected chi connectivity index (χ0v) is 13.4. The van der Waals surface area contributed by atoms with Gasteiger partial charge in [0.05, 0.1) is 12.6 Å². The Balaban J connectivity index is 2.61. The molecule has 20 heavy (non-hydrogen) atoms. The van der Waals surface area contributed by atoms with Crippen molar-refractivity contribution < 1.29 is 14.3 Å². The molecule has 1 heterocycles. The van der Waals surface area contributed by atoms with Gasteiger partial charge in [0.25, 0.3) is 0 Å².